The lowest BCUT2D eigenvalue weighted by Crippen LogP contribution is -2.53. The van der Waals surface area contributed by atoms with E-state index in [1.165, 1.54) is 20.3 Å². The van der Waals surface area contributed by atoms with Crippen molar-refractivity contribution in [3.05, 3.63) is 91.0 Å². The number of imide groups is 2. The molecule has 0 radical (unpaired) electrons. The van der Waals surface area contributed by atoms with Gasteiger partial charge in [0.2, 0.25) is 11.8 Å². The number of phenols is 1. The summed E-state index contributed by atoms with van der Waals surface area (Å²) in [6.07, 6.45) is 1.69. The molecule has 0 aromatic heterocycles. The van der Waals surface area contributed by atoms with Crippen LogP contribution in [0.2, 0.25) is 10.0 Å². The second-order valence-electron chi connectivity index (χ2n) is 13.2. The number of carbonyl (C=O) groups is 5. The van der Waals surface area contributed by atoms with Crippen LogP contribution < -0.4 is 14.9 Å². The summed E-state index contributed by atoms with van der Waals surface area (Å²) in [5, 5.41) is 21.7. The molecule has 3 N–H and O–H groups in total. The van der Waals surface area contributed by atoms with E-state index in [4.69, 9.17) is 32.7 Å². The van der Waals surface area contributed by atoms with Gasteiger partial charge in [-0.15, -0.1) is 0 Å². The first kappa shape index (κ1) is 36.0. The van der Waals surface area contributed by atoms with Crippen LogP contribution in [-0.4, -0.2) is 70.5 Å². The fourth-order valence-electron chi connectivity index (χ4n) is 8.63. The van der Waals surface area contributed by atoms with Crippen molar-refractivity contribution in [2.45, 2.75) is 30.6 Å². The fourth-order valence-corrected chi connectivity index (χ4v) is 9.70. The molecule has 52 heavy (non-hydrogen) atoms. The van der Waals surface area contributed by atoms with Crippen molar-refractivity contribution in [2.24, 2.45) is 23.7 Å². The van der Waals surface area contributed by atoms with Gasteiger partial charge in [0, 0.05) is 17.5 Å². The van der Waals surface area contributed by atoms with E-state index < -0.39 is 71.0 Å². The summed E-state index contributed by atoms with van der Waals surface area (Å²) in [6.45, 7) is -0.269. The van der Waals surface area contributed by atoms with Gasteiger partial charge in [-0.2, -0.15) is 5.01 Å². The zero-order chi connectivity index (χ0) is 37.2. The Labute approximate surface area is 321 Å². The van der Waals surface area contributed by atoms with Crippen molar-refractivity contribution in [1.82, 2.24) is 9.91 Å². The number of aromatic hydroxyl groups is 1. The number of hydrogen-bond donors (Lipinski definition) is 3. The lowest BCUT2D eigenvalue weighted by molar-refractivity contribution is -0.143. The van der Waals surface area contributed by atoms with E-state index >= 15 is 4.79 Å². The van der Waals surface area contributed by atoms with Gasteiger partial charge in [0.1, 0.15) is 5.75 Å². The first-order valence-electron chi connectivity index (χ1n) is 16.4. The molecular formula is C37H32Cl2IN3O9. The smallest absolute Gasteiger partial charge is 0.305 e. The van der Waals surface area contributed by atoms with Crippen LogP contribution in [0.25, 0.3) is 0 Å². The molecule has 7 rings (SSSR count). The lowest BCUT2D eigenvalue weighted by atomic mass is 9.49. The molecule has 3 aromatic carbocycles. The van der Waals surface area contributed by atoms with Crippen LogP contribution in [0, 0.1) is 27.2 Å². The number of likely N-dealkylation sites (tertiary alicyclic amines) is 1. The van der Waals surface area contributed by atoms with Crippen LogP contribution in [0.4, 0.5) is 5.69 Å². The molecule has 4 aliphatic rings. The molecule has 12 nitrogen and oxygen atoms in total. The predicted molar refractivity (Wildman–Crippen MR) is 197 cm³/mol. The summed E-state index contributed by atoms with van der Waals surface area (Å²) < 4.78 is 11.4. The minimum atomic E-state index is -1.61. The summed E-state index contributed by atoms with van der Waals surface area (Å²) in [5.41, 5.74) is 3.34. The maximum absolute atomic E-state index is 15.4. The number of rotatable bonds is 9. The van der Waals surface area contributed by atoms with Gasteiger partial charge >= 0.3 is 5.97 Å². The number of carbonyl (C=O) groups excluding carboxylic acids is 4. The quantitative estimate of drug-likeness (QED) is 0.137. The van der Waals surface area contributed by atoms with Crippen molar-refractivity contribution < 1.29 is 43.7 Å². The molecule has 3 fully saturated rings. The lowest BCUT2D eigenvalue weighted by Gasteiger charge is -2.50. The van der Waals surface area contributed by atoms with Gasteiger partial charge < -0.3 is 19.7 Å². The van der Waals surface area contributed by atoms with Crippen molar-refractivity contribution in [1.29, 1.82) is 0 Å². The Balaban J connectivity index is 1.46. The van der Waals surface area contributed by atoms with E-state index in [1.54, 1.807) is 48.5 Å². The summed E-state index contributed by atoms with van der Waals surface area (Å²) in [7, 11) is 2.93. The van der Waals surface area contributed by atoms with Crippen LogP contribution in [0.1, 0.15) is 36.3 Å². The number of halogens is 3. The normalized spacial score (nSPS) is 26.5. The number of anilines is 1. The SMILES string of the molecule is COc1ccc([C@@]23C(=O)N(Nc4ccc(Cl)cc4Cl)C(=O)[C@@H]2C[C@@H]2C(=CC[C@@H]4C(=O)N(CCC(=O)O)C(=O)[C@@H]42)[C@@H]3c2cc(I)c(O)c(OC)c2)cc1. The summed E-state index contributed by atoms with van der Waals surface area (Å²) in [6, 6.07) is 14.9. The first-order chi connectivity index (χ1) is 24.8. The van der Waals surface area contributed by atoms with E-state index in [-0.39, 0.29) is 41.6 Å². The van der Waals surface area contributed by atoms with Gasteiger partial charge in [-0.1, -0.05) is 47.0 Å². The van der Waals surface area contributed by atoms with Gasteiger partial charge in [0.05, 0.1) is 58.1 Å². The average Bonchev–Trinajstić information content (AvgIpc) is 3.49. The highest BCUT2D eigenvalue weighted by Crippen LogP contribution is 2.64. The Bertz CT molecular complexity index is 2080. The Kier molecular flexibility index (Phi) is 9.41. The number of hydrazine groups is 1. The minimum Gasteiger partial charge on any atom is -0.504 e. The van der Waals surface area contributed by atoms with Gasteiger partial charge in [-0.05, 0) is 94.9 Å². The molecule has 270 valence electrons. The molecule has 0 bridgehead atoms. The number of allylic oxidation sites excluding steroid dienone is 2. The highest BCUT2D eigenvalue weighted by Gasteiger charge is 2.70. The number of aliphatic carboxylic acids is 1. The molecule has 2 saturated heterocycles. The molecule has 0 spiro atoms. The molecule has 15 heteroatoms. The zero-order valence-corrected chi connectivity index (χ0v) is 31.4. The Hall–Kier alpha value is -4.34. The number of phenolic OH excluding ortho intramolecular Hbond substituents is 1. The highest BCUT2D eigenvalue weighted by atomic mass is 127. The number of benzene rings is 3. The van der Waals surface area contributed by atoms with Crippen molar-refractivity contribution in [3.8, 4) is 17.2 Å². The van der Waals surface area contributed by atoms with Gasteiger partial charge in [-0.25, -0.2) is 0 Å². The van der Waals surface area contributed by atoms with Crippen LogP contribution in [0.15, 0.2) is 66.2 Å². The van der Waals surface area contributed by atoms with Crippen molar-refractivity contribution in [3.63, 3.8) is 0 Å². The van der Waals surface area contributed by atoms with E-state index in [9.17, 15) is 29.4 Å². The van der Waals surface area contributed by atoms with Crippen LogP contribution in [0.3, 0.4) is 0 Å². The number of methoxy groups -OCH3 is 2. The monoisotopic (exact) mass is 859 g/mol. The van der Waals surface area contributed by atoms with Crippen molar-refractivity contribution in [2.75, 3.05) is 26.2 Å². The molecule has 0 unspecified atom stereocenters. The van der Waals surface area contributed by atoms with Crippen LogP contribution in [-0.2, 0) is 29.4 Å². The Morgan fingerprint density at radius 3 is 2.37 bits per heavy atom. The van der Waals surface area contributed by atoms with Crippen LogP contribution >= 0.6 is 45.8 Å². The standard InChI is InChI=1S/C37H32Cl2IN3O9/c1-51-20-6-3-18(4-7-20)37-24(34(48)43(36(37)50)41-27-10-5-19(38)15-25(27)39)16-23-21(31(37)17-13-26(40)32(46)28(14-17)52-2)8-9-22-30(23)35(49)42(33(22)47)12-11-29(44)45/h3-8,10,13-15,22-24,30-31,41,46H,9,11-12,16H2,1-2H3,(H,44,45)/t22-,23+,24-,30-,31-,37+/m0/s1. The summed E-state index contributed by atoms with van der Waals surface area (Å²) >= 11 is 14.6. The topological polar surface area (TPSA) is 163 Å². The number of carboxylic acid groups (broad SMARTS) is 1. The molecule has 1 saturated carbocycles. The third-order valence-corrected chi connectivity index (χ3v) is 12.2. The average molecular weight is 860 g/mol. The third-order valence-electron chi connectivity index (χ3n) is 10.8. The molecule has 2 aliphatic heterocycles. The Morgan fingerprint density at radius 2 is 1.71 bits per heavy atom. The molecule has 4 amide bonds. The van der Waals surface area contributed by atoms with E-state index in [0.717, 1.165) is 9.91 Å². The maximum Gasteiger partial charge on any atom is 0.305 e. The largest absolute Gasteiger partial charge is 0.504 e. The fraction of sp³-hybridized carbons (Fsp3) is 0.324. The summed E-state index contributed by atoms with van der Waals surface area (Å²) in [4.78, 5) is 70.4. The molecule has 3 aromatic rings. The number of hydrogen-bond acceptors (Lipinski definition) is 9. The number of nitrogens with zero attached hydrogens (tertiary/aromatic N) is 2. The molecule has 2 aliphatic carbocycles. The number of ether oxygens (including phenoxy) is 2. The van der Waals surface area contributed by atoms with E-state index in [0.29, 0.717) is 31.0 Å². The third kappa shape index (κ3) is 5.50. The second kappa shape index (κ2) is 13.6. The molecule has 6 atom stereocenters. The predicted octanol–water partition coefficient (Wildman–Crippen LogP) is 5.78. The molecule has 2 heterocycles. The maximum atomic E-state index is 15.4. The highest BCUT2D eigenvalue weighted by molar-refractivity contribution is 14.1. The van der Waals surface area contributed by atoms with Gasteiger partial charge in [-0.3, -0.25) is 34.3 Å². The van der Waals surface area contributed by atoms with E-state index in [1.807, 2.05) is 28.7 Å². The minimum absolute atomic E-state index is 0.0325. The Morgan fingerprint density at radius 1 is 0.981 bits per heavy atom. The first-order valence-corrected chi connectivity index (χ1v) is 18.2. The van der Waals surface area contributed by atoms with Crippen LogP contribution in [0.5, 0.6) is 17.2 Å². The number of carboxylic acids is 1. The zero-order valence-electron chi connectivity index (χ0n) is 27.8. The molecular weight excluding hydrogens is 828 g/mol. The van der Waals surface area contributed by atoms with E-state index in [2.05, 4.69) is 5.43 Å². The number of nitrogens with one attached hydrogen (secondary N) is 1. The second-order valence-corrected chi connectivity index (χ2v) is 15.2. The van der Waals surface area contributed by atoms with Crippen molar-refractivity contribution >= 4 is 81.1 Å². The van der Waals surface area contributed by atoms with Gasteiger partial charge in [0.15, 0.2) is 11.5 Å². The number of fused-ring (bicyclic) bond motifs is 4. The summed E-state index contributed by atoms with van der Waals surface area (Å²) in [5.74, 6) is -6.95. The van der Waals surface area contributed by atoms with Gasteiger partial charge in [0.25, 0.3) is 11.8 Å². The number of amides is 4.